The molecule has 0 aliphatic heterocycles. The Bertz CT molecular complexity index is 656. The highest BCUT2D eigenvalue weighted by Gasteiger charge is 2.18. The second-order valence-corrected chi connectivity index (χ2v) is 7.52. The second kappa shape index (κ2) is 9.08. The van der Waals surface area contributed by atoms with Gasteiger partial charge in [-0.05, 0) is 59.6 Å². The first-order chi connectivity index (χ1) is 12.3. The third kappa shape index (κ3) is 4.87. The van der Waals surface area contributed by atoms with Gasteiger partial charge >= 0.3 is 0 Å². The summed E-state index contributed by atoms with van der Waals surface area (Å²) in [5.41, 5.74) is 5.76. The van der Waals surface area contributed by atoms with E-state index in [0.29, 0.717) is 0 Å². The van der Waals surface area contributed by atoms with Crippen molar-refractivity contribution in [3.63, 3.8) is 0 Å². The highest BCUT2D eigenvalue weighted by atomic mass is 16.5. The maximum Gasteiger partial charge on any atom is 0.118 e. The first kappa shape index (κ1) is 18.0. The number of unbranched alkanes of at least 4 members (excludes halogenated alkanes) is 4. The van der Waals surface area contributed by atoms with Gasteiger partial charge in [-0.3, -0.25) is 0 Å². The van der Waals surface area contributed by atoms with Crippen molar-refractivity contribution in [3.8, 4) is 16.9 Å². The van der Waals surface area contributed by atoms with Crippen LogP contribution in [0.4, 0.5) is 0 Å². The average Bonchev–Trinajstić information content (AvgIpc) is 2.67. The Hall–Kier alpha value is -1.76. The molecule has 134 valence electrons. The van der Waals surface area contributed by atoms with Crippen molar-refractivity contribution in [2.24, 2.45) is 5.92 Å². The van der Waals surface area contributed by atoms with Gasteiger partial charge in [0.25, 0.3) is 0 Å². The molecule has 1 unspecified atom stereocenters. The SMILES string of the molecule is CCCCCCCC1CCc2cc(-c3ccc(OC)cc3)ccc2C1. The van der Waals surface area contributed by atoms with Crippen molar-refractivity contribution in [2.75, 3.05) is 7.11 Å². The Morgan fingerprint density at radius 2 is 1.64 bits per heavy atom. The lowest BCUT2D eigenvalue weighted by Gasteiger charge is -2.25. The van der Waals surface area contributed by atoms with Crippen LogP contribution in [0.1, 0.15) is 63.0 Å². The zero-order valence-electron chi connectivity index (χ0n) is 15.9. The van der Waals surface area contributed by atoms with E-state index in [1.54, 1.807) is 18.2 Å². The molecule has 2 aromatic rings. The summed E-state index contributed by atoms with van der Waals surface area (Å²) in [5, 5.41) is 0. The van der Waals surface area contributed by atoms with E-state index < -0.39 is 0 Å². The van der Waals surface area contributed by atoms with Crippen molar-refractivity contribution in [1.29, 1.82) is 0 Å². The van der Waals surface area contributed by atoms with Crippen LogP contribution in [0.15, 0.2) is 42.5 Å². The topological polar surface area (TPSA) is 9.23 Å². The lowest BCUT2D eigenvalue weighted by atomic mass is 9.80. The maximum absolute atomic E-state index is 5.26. The summed E-state index contributed by atoms with van der Waals surface area (Å²) in [5.74, 6) is 1.82. The van der Waals surface area contributed by atoms with Gasteiger partial charge in [-0.25, -0.2) is 0 Å². The molecule has 0 amide bonds. The van der Waals surface area contributed by atoms with E-state index in [-0.39, 0.29) is 0 Å². The summed E-state index contributed by atoms with van der Waals surface area (Å²) in [6.07, 6.45) is 12.3. The van der Waals surface area contributed by atoms with Crippen LogP contribution in [-0.2, 0) is 12.8 Å². The van der Waals surface area contributed by atoms with Gasteiger partial charge in [0.1, 0.15) is 5.75 Å². The summed E-state index contributed by atoms with van der Waals surface area (Å²) < 4.78 is 5.26. The monoisotopic (exact) mass is 336 g/mol. The first-order valence-corrected chi connectivity index (χ1v) is 10.1. The third-order valence-corrected chi connectivity index (χ3v) is 5.68. The van der Waals surface area contributed by atoms with Gasteiger partial charge in [0.05, 0.1) is 7.11 Å². The van der Waals surface area contributed by atoms with Crippen LogP contribution in [0.5, 0.6) is 5.75 Å². The Morgan fingerprint density at radius 3 is 2.40 bits per heavy atom. The molecule has 0 spiro atoms. The van der Waals surface area contributed by atoms with E-state index in [1.165, 1.54) is 68.9 Å². The molecule has 1 aliphatic rings. The van der Waals surface area contributed by atoms with Crippen LogP contribution in [0.2, 0.25) is 0 Å². The van der Waals surface area contributed by atoms with E-state index >= 15 is 0 Å². The van der Waals surface area contributed by atoms with Gasteiger partial charge in [0.15, 0.2) is 0 Å². The molecule has 0 N–H and O–H groups in total. The van der Waals surface area contributed by atoms with E-state index in [4.69, 9.17) is 4.74 Å². The van der Waals surface area contributed by atoms with Crippen molar-refractivity contribution in [3.05, 3.63) is 53.6 Å². The summed E-state index contributed by atoms with van der Waals surface area (Å²) in [4.78, 5) is 0. The van der Waals surface area contributed by atoms with Crippen LogP contribution in [-0.4, -0.2) is 7.11 Å². The van der Waals surface area contributed by atoms with Crippen LogP contribution in [0.25, 0.3) is 11.1 Å². The number of fused-ring (bicyclic) bond motifs is 1. The molecule has 0 aromatic heterocycles. The molecule has 1 aliphatic carbocycles. The highest BCUT2D eigenvalue weighted by Crippen LogP contribution is 2.32. The number of hydrogen-bond acceptors (Lipinski definition) is 1. The lowest BCUT2D eigenvalue weighted by Crippen LogP contribution is -2.14. The number of methoxy groups -OCH3 is 1. The van der Waals surface area contributed by atoms with Crippen LogP contribution >= 0.6 is 0 Å². The molecule has 1 heteroatoms. The molecule has 3 rings (SSSR count). The fraction of sp³-hybridized carbons (Fsp3) is 0.500. The predicted molar refractivity (Wildman–Crippen MR) is 107 cm³/mol. The maximum atomic E-state index is 5.26. The van der Waals surface area contributed by atoms with Gasteiger partial charge in [-0.15, -0.1) is 0 Å². The quantitative estimate of drug-likeness (QED) is 0.480. The smallest absolute Gasteiger partial charge is 0.118 e. The van der Waals surface area contributed by atoms with E-state index in [2.05, 4.69) is 37.3 Å². The Balaban J connectivity index is 1.59. The summed E-state index contributed by atoms with van der Waals surface area (Å²) in [7, 11) is 1.72. The highest BCUT2D eigenvalue weighted by molar-refractivity contribution is 5.65. The number of rotatable bonds is 8. The zero-order valence-corrected chi connectivity index (χ0v) is 15.9. The molecular weight excluding hydrogens is 304 g/mol. The second-order valence-electron chi connectivity index (χ2n) is 7.52. The molecule has 0 saturated heterocycles. The molecule has 0 radical (unpaired) electrons. The minimum atomic E-state index is 0.904. The van der Waals surface area contributed by atoms with E-state index in [9.17, 15) is 0 Å². The molecule has 0 fully saturated rings. The number of hydrogen-bond donors (Lipinski definition) is 0. The minimum absolute atomic E-state index is 0.904. The fourth-order valence-electron chi connectivity index (χ4n) is 4.08. The molecule has 1 atom stereocenters. The van der Waals surface area contributed by atoms with Crippen molar-refractivity contribution < 1.29 is 4.74 Å². The summed E-state index contributed by atoms with van der Waals surface area (Å²) in [6, 6.07) is 15.5. The molecule has 0 heterocycles. The van der Waals surface area contributed by atoms with Crippen LogP contribution in [0.3, 0.4) is 0 Å². The minimum Gasteiger partial charge on any atom is -0.497 e. The van der Waals surface area contributed by atoms with Crippen LogP contribution in [0, 0.1) is 5.92 Å². The first-order valence-electron chi connectivity index (χ1n) is 10.1. The summed E-state index contributed by atoms with van der Waals surface area (Å²) in [6.45, 7) is 2.29. The van der Waals surface area contributed by atoms with Gasteiger partial charge < -0.3 is 4.74 Å². The molecule has 25 heavy (non-hydrogen) atoms. The van der Waals surface area contributed by atoms with Gasteiger partial charge in [0, 0.05) is 0 Å². The number of aryl methyl sites for hydroxylation is 1. The lowest BCUT2D eigenvalue weighted by molar-refractivity contribution is 0.405. The normalized spacial score (nSPS) is 16.5. The zero-order chi connectivity index (χ0) is 17.5. The molecule has 1 nitrogen and oxygen atoms in total. The van der Waals surface area contributed by atoms with Gasteiger partial charge in [-0.1, -0.05) is 75.8 Å². The fourth-order valence-corrected chi connectivity index (χ4v) is 4.08. The van der Waals surface area contributed by atoms with Crippen molar-refractivity contribution in [1.82, 2.24) is 0 Å². The van der Waals surface area contributed by atoms with Crippen molar-refractivity contribution in [2.45, 2.75) is 64.7 Å². The van der Waals surface area contributed by atoms with E-state index in [0.717, 1.165) is 11.7 Å². The van der Waals surface area contributed by atoms with Gasteiger partial charge in [-0.2, -0.15) is 0 Å². The largest absolute Gasteiger partial charge is 0.497 e. The third-order valence-electron chi connectivity index (χ3n) is 5.68. The Morgan fingerprint density at radius 1 is 0.880 bits per heavy atom. The summed E-state index contributed by atoms with van der Waals surface area (Å²) >= 11 is 0. The van der Waals surface area contributed by atoms with Crippen LogP contribution < -0.4 is 4.74 Å². The molecule has 0 bridgehead atoms. The van der Waals surface area contributed by atoms with E-state index in [1.807, 2.05) is 12.1 Å². The van der Waals surface area contributed by atoms with Crippen molar-refractivity contribution >= 4 is 0 Å². The molecular formula is C24H32O. The Labute approximate surface area is 153 Å². The standard InChI is InChI=1S/C24H32O/c1-3-4-5-6-7-8-19-9-10-23-18-22(12-11-21(23)17-19)20-13-15-24(25-2)16-14-20/h11-16,18-19H,3-10,17H2,1-2H3. The average molecular weight is 337 g/mol. The molecule has 0 saturated carbocycles. The molecule has 2 aromatic carbocycles. The predicted octanol–water partition coefficient (Wildman–Crippen LogP) is 6.83. The van der Waals surface area contributed by atoms with Gasteiger partial charge in [0.2, 0.25) is 0 Å². The number of benzene rings is 2. The number of ether oxygens (including phenoxy) is 1. The Kier molecular flexibility index (Phi) is 6.55.